The number of hydrogen-bond acceptors (Lipinski definition) is 2. The lowest BCUT2D eigenvalue weighted by Crippen LogP contribution is -2.57. The van der Waals surface area contributed by atoms with E-state index in [-0.39, 0.29) is 5.41 Å². The summed E-state index contributed by atoms with van der Waals surface area (Å²) in [5, 5.41) is 3.53. The maximum absolute atomic E-state index is 13.2. The van der Waals surface area contributed by atoms with Crippen molar-refractivity contribution < 1.29 is 4.79 Å². The molecule has 5 fully saturated rings. The van der Waals surface area contributed by atoms with Crippen molar-refractivity contribution in [3.8, 4) is 0 Å². The molecule has 4 saturated carbocycles. The molecule has 0 aromatic heterocycles. The first kappa shape index (κ1) is 14.0. The van der Waals surface area contributed by atoms with Gasteiger partial charge in [0.15, 0.2) is 0 Å². The maximum Gasteiger partial charge on any atom is 0.228 e. The molecule has 3 unspecified atom stereocenters. The van der Waals surface area contributed by atoms with Gasteiger partial charge in [-0.05, 0) is 75.2 Å². The van der Waals surface area contributed by atoms with Crippen LogP contribution in [0.2, 0.25) is 0 Å². The van der Waals surface area contributed by atoms with Gasteiger partial charge >= 0.3 is 0 Å². The van der Waals surface area contributed by atoms with Gasteiger partial charge in [0.25, 0.3) is 0 Å². The Morgan fingerprint density at radius 1 is 1.24 bits per heavy atom. The van der Waals surface area contributed by atoms with Gasteiger partial charge in [0.05, 0.1) is 5.41 Å². The van der Waals surface area contributed by atoms with Gasteiger partial charge in [0, 0.05) is 19.6 Å². The van der Waals surface area contributed by atoms with Crippen molar-refractivity contribution >= 4 is 5.91 Å². The molecule has 5 rings (SSSR count). The largest absolute Gasteiger partial charge is 0.344 e. The smallest absolute Gasteiger partial charge is 0.228 e. The van der Waals surface area contributed by atoms with Gasteiger partial charge in [0.1, 0.15) is 0 Å². The molecular weight excluding hydrogens is 260 g/mol. The second-order valence-corrected chi connectivity index (χ2v) is 9.03. The van der Waals surface area contributed by atoms with Crippen LogP contribution in [0.5, 0.6) is 0 Å². The summed E-state index contributed by atoms with van der Waals surface area (Å²) in [6, 6.07) is 0.531. The third-order valence-corrected chi connectivity index (χ3v) is 6.81. The van der Waals surface area contributed by atoms with Crippen LogP contribution in [0.25, 0.3) is 0 Å². The lowest BCUT2D eigenvalue weighted by Gasteiger charge is -2.61. The molecule has 21 heavy (non-hydrogen) atoms. The molecule has 3 heteroatoms. The van der Waals surface area contributed by atoms with E-state index in [4.69, 9.17) is 0 Å². The molecule has 0 aromatic carbocycles. The molecule has 3 nitrogen and oxygen atoms in total. The summed E-state index contributed by atoms with van der Waals surface area (Å²) in [7, 11) is 2.04. The molecule has 118 valence electrons. The molecule has 1 aliphatic heterocycles. The number of carbonyl (C=O) groups excluding carboxylic acids is 1. The Hall–Kier alpha value is -0.570. The van der Waals surface area contributed by atoms with Crippen LogP contribution in [0.4, 0.5) is 0 Å². The molecule has 3 atom stereocenters. The topological polar surface area (TPSA) is 32.3 Å². The van der Waals surface area contributed by atoms with Crippen molar-refractivity contribution in [2.45, 2.75) is 64.3 Å². The summed E-state index contributed by atoms with van der Waals surface area (Å²) in [5.41, 5.74) is 0.471. The zero-order chi connectivity index (χ0) is 14.7. The highest BCUT2D eigenvalue weighted by Gasteiger charge is 2.59. The highest BCUT2D eigenvalue weighted by atomic mass is 16.2. The average molecular weight is 290 g/mol. The first-order valence-corrected chi connectivity index (χ1v) is 8.97. The van der Waals surface area contributed by atoms with E-state index in [0.717, 1.165) is 31.3 Å². The van der Waals surface area contributed by atoms with Crippen molar-refractivity contribution in [1.82, 2.24) is 10.2 Å². The summed E-state index contributed by atoms with van der Waals surface area (Å²) in [6.45, 7) is 4.48. The Morgan fingerprint density at radius 2 is 1.95 bits per heavy atom. The van der Waals surface area contributed by atoms with Crippen LogP contribution in [-0.2, 0) is 4.79 Å². The van der Waals surface area contributed by atoms with E-state index in [9.17, 15) is 4.79 Å². The van der Waals surface area contributed by atoms with Crippen LogP contribution in [-0.4, -0.2) is 37.0 Å². The predicted octanol–water partition coefficient (Wildman–Crippen LogP) is 2.80. The summed E-state index contributed by atoms with van der Waals surface area (Å²) < 4.78 is 0. The third-order valence-electron chi connectivity index (χ3n) is 6.81. The number of nitrogens with one attached hydrogen (secondary N) is 1. The van der Waals surface area contributed by atoms with Gasteiger partial charge in [0.2, 0.25) is 5.91 Å². The molecule has 0 radical (unpaired) electrons. The predicted molar refractivity (Wildman–Crippen MR) is 83.9 cm³/mol. The Morgan fingerprint density at radius 3 is 2.52 bits per heavy atom. The second-order valence-electron chi connectivity index (χ2n) is 9.03. The van der Waals surface area contributed by atoms with Crippen LogP contribution in [0.3, 0.4) is 0 Å². The zero-order valence-corrected chi connectivity index (χ0v) is 13.7. The summed E-state index contributed by atoms with van der Waals surface area (Å²) in [5.74, 6) is 2.13. The first-order valence-electron chi connectivity index (χ1n) is 8.97. The second kappa shape index (κ2) is 4.71. The molecule has 5 aliphatic rings. The molecule has 1 N–H and O–H groups in total. The number of nitrogens with zero attached hydrogens (tertiary/aromatic N) is 1. The minimum absolute atomic E-state index is 0.00614. The SMILES string of the molecule is CN(CC1CCCN1)C(=O)C12CC3CC(CC(C)(C3)C1)C2. The minimum atomic E-state index is 0.00614. The number of amides is 1. The fourth-order valence-corrected chi connectivity index (χ4v) is 6.70. The van der Waals surface area contributed by atoms with E-state index in [2.05, 4.69) is 17.1 Å². The van der Waals surface area contributed by atoms with Crippen molar-refractivity contribution in [3.05, 3.63) is 0 Å². The lowest BCUT2D eigenvalue weighted by atomic mass is 9.44. The summed E-state index contributed by atoms with van der Waals surface area (Å²) in [4.78, 5) is 15.3. The average Bonchev–Trinajstić information content (AvgIpc) is 2.87. The van der Waals surface area contributed by atoms with Gasteiger partial charge in [-0.1, -0.05) is 6.92 Å². The van der Waals surface area contributed by atoms with E-state index in [1.165, 1.54) is 44.9 Å². The molecule has 1 amide bonds. The molecule has 0 aromatic rings. The van der Waals surface area contributed by atoms with E-state index in [1.54, 1.807) is 0 Å². The van der Waals surface area contributed by atoms with Crippen molar-refractivity contribution in [2.24, 2.45) is 22.7 Å². The normalized spacial score (nSPS) is 47.8. The number of likely N-dealkylation sites (N-methyl/N-ethyl adjacent to an activating group) is 1. The van der Waals surface area contributed by atoms with Gasteiger partial charge in [-0.25, -0.2) is 0 Å². The lowest BCUT2D eigenvalue weighted by molar-refractivity contribution is -0.165. The molecule has 4 aliphatic carbocycles. The number of carbonyl (C=O) groups is 1. The van der Waals surface area contributed by atoms with E-state index < -0.39 is 0 Å². The monoisotopic (exact) mass is 290 g/mol. The quantitative estimate of drug-likeness (QED) is 0.867. The molecule has 1 heterocycles. The van der Waals surface area contributed by atoms with Crippen molar-refractivity contribution in [2.75, 3.05) is 20.1 Å². The molecular formula is C18H30N2O. The van der Waals surface area contributed by atoms with Crippen molar-refractivity contribution in [1.29, 1.82) is 0 Å². The minimum Gasteiger partial charge on any atom is -0.344 e. The number of hydrogen-bond donors (Lipinski definition) is 1. The van der Waals surface area contributed by atoms with Crippen LogP contribution in [0.1, 0.15) is 58.3 Å². The Kier molecular flexibility index (Phi) is 3.15. The molecule has 4 bridgehead atoms. The zero-order valence-electron chi connectivity index (χ0n) is 13.7. The van der Waals surface area contributed by atoms with Crippen LogP contribution < -0.4 is 5.32 Å². The van der Waals surface area contributed by atoms with Crippen LogP contribution >= 0.6 is 0 Å². The van der Waals surface area contributed by atoms with Crippen LogP contribution in [0.15, 0.2) is 0 Å². The molecule has 1 saturated heterocycles. The maximum atomic E-state index is 13.2. The Balaban J connectivity index is 1.50. The van der Waals surface area contributed by atoms with Gasteiger partial charge in [-0.3, -0.25) is 4.79 Å². The molecule has 0 spiro atoms. The summed E-state index contributed by atoms with van der Waals surface area (Å²) in [6.07, 6.45) is 10.2. The highest BCUT2D eigenvalue weighted by molar-refractivity contribution is 5.83. The van der Waals surface area contributed by atoms with Gasteiger partial charge in [-0.15, -0.1) is 0 Å². The van der Waals surface area contributed by atoms with Gasteiger partial charge in [-0.2, -0.15) is 0 Å². The third kappa shape index (κ3) is 2.32. The standard InChI is InChI=1S/C18H30N2O/c1-17-7-13-6-14(8-17)10-18(9-13,12-17)16(21)20(2)11-15-4-3-5-19-15/h13-15,19H,3-12H2,1-2H3. The summed E-state index contributed by atoms with van der Waals surface area (Å²) >= 11 is 0. The van der Waals surface area contributed by atoms with Crippen LogP contribution in [0, 0.1) is 22.7 Å². The Labute approximate surface area is 128 Å². The first-order chi connectivity index (χ1) is 9.98. The number of rotatable bonds is 3. The fourth-order valence-electron chi connectivity index (χ4n) is 6.70. The fraction of sp³-hybridized carbons (Fsp3) is 0.944. The van der Waals surface area contributed by atoms with Gasteiger partial charge < -0.3 is 10.2 Å². The van der Waals surface area contributed by atoms with Crippen molar-refractivity contribution in [3.63, 3.8) is 0 Å². The highest BCUT2D eigenvalue weighted by Crippen LogP contribution is 2.65. The van der Waals surface area contributed by atoms with E-state index in [0.29, 0.717) is 17.4 Å². The van der Waals surface area contributed by atoms with E-state index in [1.807, 2.05) is 7.05 Å². The Bertz CT molecular complexity index is 426. The van der Waals surface area contributed by atoms with E-state index >= 15 is 0 Å².